The van der Waals surface area contributed by atoms with Gasteiger partial charge in [-0.25, -0.2) is 0 Å². The zero-order chi connectivity index (χ0) is 15.7. The number of aryl methyl sites for hydroxylation is 1. The van der Waals surface area contributed by atoms with Crippen LogP contribution in [-0.2, 0) is 0 Å². The maximum absolute atomic E-state index is 10.8. The molecule has 5 nitrogen and oxygen atoms in total. The molecule has 0 radical (unpaired) electrons. The van der Waals surface area contributed by atoms with E-state index < -0.39 is 10.5 Å². The topological polar surface area (TPSA) is 75.4 Å². The van der Waals surface area contributed by atoms with E-state index in [1.807, 2.05) is 6.92 Å². The van der Waals surface area contributed by atoms with Crippen LogP contribution in [0.5, 0.6) is 0 Å². The van der Waals surface area contributed by atoms with Gasteiger partial charge in [0.25, 0.3) is 5.69 Å². The van der Waals surface area contributed by atoms with Gasteiger partial charge < -0.3 is 10.4 Å². The summed E-state index contributed by atoms with van der Waals surface area (Å²) in [5, 5.41) is 24.7. The Labute approximate surface area is 125 Å². The van der Waals surface area contributed by atoms with Gasteiger partial charge in [0.05, 0.1) is 10.5 Å². The number of nitro benzene ring substituents is 1. The van der Waals surface area contributed by atoms with Gasteiger partial charge >= 0.3 is 0 Å². The summed E-state index contributed by atoms with van der Waals surface area (Å²) in [5.74, 6) is 0. The van der Waals surface area contributed by atoms with Crippen LogP contribution in [-0.4, -0.2) is 22.2 Å². The molecular formula is C16H24N2O3. The van der Waals surface area contributed by atoms with E-state index in [1.165, 1.54) is 12.1 Å². The van der Waals surface area contributed by atoms with Crippen molar-refractivity contribution >= 4 is 11.4 Å². The summed E-state index contributed by atoms with van der Waals surface area (Å²) in [4.78, 5) is 10.4. The number of hydrogen-bond acceptors (Lipinski definition) is 4. The molecule has 0 spiro atoms. The zero-order valence-electron chi connectivity index (χ0n) is 13.0. The number of benzene rings is 1. The molecule has 1 saturated carbocycles. The van der Waals surface area contributed by atoms with Crippen LogP contribution in [0.25, 0.3) is 0 Å². The molecule has 116 valence electrons. The molecule has 0 aliphatic heterocycles. The summed E-state index contributed by atoms with van der Waals surface area (Å²) >= 11 is 0. The molecule has 1 aromatic rings. The van der Waals surface area contributed by atoms with Crippen molar-refractivity contribution in [2.45, 2.75) is 52.1 Å². The highest BCUT2D eigenvalue weighted by atomic mass is 16.6. The molecule has 1 fully saturated rings. The van der Waals surface area contributed by atoms with Gasteiger partial charge in [0, 0.05) is 24.4 Å². The highest BCUT2D eigenvalue weighted by Gasteiger charge is 2.36. The van der Waals surface area contributed by atoms with Gasteiger partial charge in [-0.3, -0.25) is 10.1 Å². The van der Waals surface area contributed by atoms with Crippen molar-refractivity contribution in [3.05, 3.63) is 33.9 Å². The predicted molar refractivity (Wildman–Crippen MR) is 83.5 cm³/mol. The van der Waals surface area contributed by atoms with Crippen molar-refractivity contribution in [3.63, 3.8) is 0 Å². The minimum absolute atomic E-state index is 0.0693. The van der Waals surface area contributed by atoms with Crippen LogP contribution in [0.1, 0.15) is 45.1 Å². The summed E-state index contributed by atoms with van der Waals surface area (Å²) in [6.45, 7) is 6.79. The summed E-state index contributed by atoms with van der Waals surface area (Å²) in [7, 11) is 0. The van der Waals surface area contributed by atoms with Crippen LogP contribution in [0.2, 0.25) is 0 Å². The van der Waals surface area contributed by atoms with Crippen molar-refractivity contribution in [1.29, 1.82) is 0 Å². The number of rotatable bonds is 4. The Kier molecular flexibility index (Phi) is 4.23. The number of non-ortho nitro benzene ring substituents is 1. The molecule has 2 N–H and O–H groups in total. The second kappa shape index (κ2) is 5.64. The van der Waals surface area contributed by atoms with Gasteiger partial charge in [-0.05, 0) is 43.6 Å². The maximum Gasteiger partial charge on any atom is 0.271 e. The van der Waals surface area contributed by atoms with Gasteiger partial charge in [0.1, 0.15) is 0 Å². The summed E-state index contributed by atoms with van der Waals surface area (Å²) in [6, 6.07) is 4.76. The lowest BCUT2D eigenvalue weighted by Gasteiger charge is -2.40. The van der Waals surface area contributed by atoms with Crippen LogP contribution in [0.4, 0.5) is 11.4 Å². The van der Waals surface area contributed by atoms with Gasteiger partial charge in [-0.2, -0.15) is 0 Å². The lowest BCUT2D eigenvalue weighted by atomic mass is 9.71. The third-order valence-corrected chi connectivity index (χ3v) is 4.57. The summed E-state index contributed by atoms with van der Waals surface area (Å²) < 4.78 is 0. The first kappa shape index (κ1) is 15.8. The second-order valence-electron chi connectivity index (χ2n) is 7.00. The van der Waals surface area contributed by atoms with Crippen LogP contribution >= 0.6 is 0 Å². The molecule has 1 aliphatic carbocycles. The normalized spacial score (nSPS) is 20.0. The number of nitrogens with zero attached hydrogens (tertiary/aromatic N) is 1. The first-order valence-electron chi connectivity index (χ1n) is 7.42. The van der Waals surface area contributed by atoms with E-state index in [4.69, 9.17) is 0 Å². The van der Waals surface area contributed by atoms with Gasteiger partial charge in [0.15, 0.2) is 0 Å². The molecule has 0 amide bonds. The molecule has 0 bridgehead atoms. The fourth-order valence-corrected chi connectivity index (χ4v) is 2.74. The number of aliphatic hydroxyl groups is 1. The zero-order valence-corrected chi connectivity index (χ0v) is 13.0. The SMILES string of the molecule is Cc1ccc([N+](=O)[O-])cc1NCC1(O)CCC(C)(C)CC1. The lowest BCUT2D eigenvalue weighted by Crippen LogP contribution is -2.42. The molecular weight excluding hydrogens is 268 g/mol. The number of nitrogens with one attached hydrogen (secondary N) is 1. The average Bonchev–Trinajstić information content (AvgIpc) is 2.42. The summed E-state index contributed by atoms with van der Waals surface area (Å²) in [6.07, 6.45) is 3.53. The van der Waals surface area contributed by atoms with Gasteiger partial charge in [0.2, 0.25) is 0 Å². The first-order chi connectivity index (χ1) is 9.71. The largest absolute Gasteiger partial charge is 0.388 e. The highest BCUT2D eigenvalue weighted by molar-refractivity contribution is 5.56. The third kappa shape index (κ3) is 3.94. The molecule has 0 unspecified atom stereocenters. The van der Waals surface area contributed by atoms with E-state index >= 15 is 0 Å². The molecule has 0 heterocycles. The predicted octanol–water partition coefficient (Wildman–Crippen LogP) is 3.65. The molecule has 1 aliphatic rings. The minimum atomic E-state index is -0.716. The van der Waals surface area contributed by atoms with Crippen molar-refractivity contribution in [2.75, 3.05) is 11.9 Å². The van der Waals surface area contributed by atoms with E-state index in [0.29, 0.717) is 12.0 Å². The number of hydrogen-bond donors (Lipinski definition) is 2. The number of nitro groups is 1. The van der Waals surface area contributed by atoms with E-state index in [-0.39, 0.29) is 5.69 Å². The molecule has 0 aromatic heterocycles. The monoisotopic (exact) mass is 292 g/mol. The van der Waals surface area contributed by atoms with Crippen LogP contribution in [0.15, 0.2) is 18.2 Å². The highest BCUT2D eigenvalue weighted by Crippen LogP contribution is 2.40. The molecule has 1 aromatic carbocycles. The average molecular weight is 292 g/mol. The fraction of sp³-hybridized carbons (Fsp3) is 0.625. The van der Waals surface area contributed by atoms with Crippen LogP contribution in [0, 0.1) is 22.5 Å². The maximum atomic E-state index is 10.8. The molecule has 5 heteroatoms. The summed E-state index contributed by atoms with van der Waals surface area (Å²) in [5.41, 5.74) is 1.32. The Morgan fingerprint density at radius 1 is 1.29 bits per heavy atom. The van der Waals surface area contributed by atoms with E-state index in [9.17, 15) is 15.2 Å². The van der Waals surface area contributed by atoms with E-state index in [2.05, 4.69) is 19.2 Å². The van der Waals surface area contributed by atoms with Gasteiger partial charge in [-0.1, -0.05) is 19.9 Å². The molecule has 21 heavy (non-hydrogen) atoms. The Morgan fingerprint density at radius 3 is 2.48 bits per heavy atom. The molecule has 0 saturated heterocycles. The Hall–Kier alpha value is -1.62. The molecule has 0 atom stereocenters. The van der Waals surface area contributed by atoms with Crippen LogP contribution in [0.3, 0.4) is 0 Å². The van der Waals surface area contributed by atoms with E-state index in [0.717, 1.165) is 36.9 Å². The Bertz CT molecular complexity index is 530. The van der Waals surface area contributed by atoms with Crippen molar-refractivity contribution in [1.82, 2.24) is 0 Å². The quantitative estimate of drug-likeness (QED) is 0.656. The Balaban J connectivity index is 2.03. The van der Waals surface area contributed by atoms with Crippen molar-refractivity contribution < 1.29 is 10.0 Å². The lowest BCUT2D eigenvalue weighted by molar-refractivity contribution is -0.384. The number of anilines is 1. The van der Waals surface area contributed by atoms with Gasteiger partial charge in [-0.15, -0.1) is 0 Å². The minimum Gasteiger partial charge on any atom is -0.388 e. The Morgan fingerprint density at radius 2 is 1.90 bits per heavy atom. The molecule has 2 rings (SSSR count). The first-order valence-corrected chi connectivity index (χ1v) is 7.42. The van der Waals surface area contributed by atoms with Crippen molar-refractivity contribution in [2.24, 2.45) is 5.41 Å². The standard InChI is InChI=1S/C16H24N2O3/c1-12-4-5-13(18(20)21)10-14(12)17-11-16(19)8-6-15(2,3)7-9-16/h4-5,10,17,19H,6-9,11H2,1-3H3. The fourth-order valence-electron chi connectivity index (χ4n) is 2.74. The van der Waals surface area contributed by atoms with Crippen LogP contribution < -0.4 is 5.32 Å². The van der Waals surface area contributed by atoms with Crippen molar-refractivity contribution in [3.8, 4) is 0 Å². The smallest absolute Gasteiger partial charge is 0.271 e. The second-order valence-corrected chi connectivity index (χ2v) is 7.00. The van der Waals surface area contributed by atoms with E-state index in [1.54, 1.807) is 6.07 Å². The third-order valence-electron chi connectivity index (χ3n) is 4.57.